The van der Waals surface area contributed by atoms with Gasteiger partial charge in [0, 0.05) is 42.0 Å². The SMILES string of the molecule is CCCNC(=O)c1cc(Cl)cc(Oc2cc(-c3c(C)cccc3C)nc(NS(=O)(=O)c3cnn(C)c3)n2)c1. The van der Waals surface area contributed by atoms with Crippen molar-refractivity contribution < 1.29 is 17.9 Å². The molecule has 0 spiro atoms. The Labute approximate surface area is 226 Å². The average molecular weight is 555 g/mol. The van der Waals surface area contributed by atoms with Gasteiger partial charge < -0.3 is 10.1 Å². The average Bonchev–Trinajstić information content (AvgIpc) is 3.29. The normalized spacial score (nSPS) is 11.3. The van der Waals surface area contributed by atoms with Gasteiger partial charge in [-0.05, 0) is 49.6 Å². The van der Waals surface area contributed by atoms with Crippen molar-refractivity contribution in [2.75, 3.05) is 11.3 Å². The molecule has 1 amide bonds. The van der Waals surface area contributed by atoms with E-state index in [1.807, 2.05) is 39.0 Å². The molecule has 0 aliphatic rings. The quantitative estimate of drug-likeness (QED) is 0.302. The van der Waals surface area contributed by atoms with Crippen LogP contribution in [0.4, 0.5) is 5.95 Å². The van der Waals surface area contributed by atoms with E-state index in [0.717, 1.165) is 23.1 Å². The van der Waals surface area contributed by atoms with Gasteiger partial charge in [0.25, 0.3) is 15.9 Å². The first kappa shape index (κ1) is 27.1. The molecule has 0 radical (unpaired) electrons. The van der Waals surface area contributed by atoms with Gasteiger partial charge in [-0.25, -0.2) is 18.1 Å². The number of ether oxygens (including phenoxy) is 1. The molecule has 4 aromatic rings. The highest BCUT2D eigenvalue weighted by molar-refractivity contribution is 7.92. The molecule has 0 fully saturated rings. The van der Waals surface area contributed by atoms with Crippen LogP contribution in [0.3, 0.4) is 0 Å². The van der Waals surface area contributed by atoms with Crippen molar-refractivity contribution in [1.29, 1.82) is 0 Å². The van der Waals surface area contributed by atoms with Crippen molar-refractivity contribution in [2.45, 2.75) is 32.1 Å². The third-order valence-electron chi connectivity index (χ3n) is 5.55. The Hall–Kier alpha value is -3.96. The molecule has 0 atom stereocenters. The molecule has 2 aromatic heterocycles. The number of amides is 1. The van der Waals surface area contributed by atoms with Crippen molar-refractivity contribution >= 4 is 33.5 Å². The summed E-state index contributed by atoms with van der Waals surface area (Å²) in [5.74, 6) is -0.162. The highest BCUT2D eigenvalue weighted by Crippen LogP contribution is 2.32. The van der Waals surface area contributed by atoms with Gasteiger partial charge in [-0.1, -0.05) is 36.7 Å². The second-order valence-electron chi connectivity index (χ2n) is 8.67. The zero-order valence-electron chi connectivity index (χ0n) is 21.3. The predicted molar refractivity (Wildman–Crippen MR) is 145 cm³/mol. The molecule has 2 heterocycles. The zero-order valence-corrected chi connectivity index (χ0v) is 22.9. The summed E-state index contributed by atoms with van der Waals surface area (Å²) in [5, 5.41) is 7.02. The Balaban J connectivity index is 1.76. The molecule has 0 saturated carbocycles. The Morgan fingerprint density at radius 3 is 2.50 bits per heavy atom. The molecule has 0 aliphatic carbocycles. The summed E-state index contributed by atoms with van der Waals surface area (Å²) >= 11 is 6.26. The fraction of sp³-hybridized carbons (Fsp3) is 0.231. The third kappa shape index (κ3) is 6.29. The van der Waals surface area contributed by atoms with E-state index in [4.69, 9.17) is 16.3 Å². The zero-order chi connectivity index (χ0) is 27.4. The first-order chi connectivity index (χ1) is 18.1. The van der Waals surface area contributed by atoms with Gasteiger partial charge in [0.15, 0.2) is 0 Å². The van der Waals surface area contributed by atoms with Crippen LogP contribution in [-0.2, 0) is 17.1 Å². The summed E-state index contributed by atoms with van der Waals surface area (Å²) in [6.45, 7) is 6.34. The van der Waals surface area contributed by atoms with E-state index in [9.17, 15) is 13.2 Å². The number of nitrogens with one attached hydrogen (secondary N) is 2. The monoisotopic (exact) mass is 554 g/mol. The van der Waals surface area contributed by atoms with Crippen LogP contribution in [0.2, 0.25) is 5.02 Å². The third-order valence-corrected chi connectivity index (χ3v) is 7.05. The number of hydrogen-bond donors (Lipinski definition) is 2. The number of nitrogens with zero attached hydrogens (tertiary/aromatic N) is 4. The molecular weight excluding hydrogens is 528 g/mol. The molecule has 10 nitrogen and oxygen atoms in total. The fourth-order valence-corrected chi connectivity index (χ4v) is 4.95. The van der Waals surface area contributed by atoms with Gasteiger partial charge in [0.1, 0.15) is 10.6 Å². The maximum Gasteiger partial charge on any atom is 0.267 e. The van der Waals surface area contributed by atoms with Crippen molar-refractivity contribution in [3.8, 4) is 22.9 Å². The number of aromatic nitrogens is 4. The van der Waals surface area contributed by atoms with Crippen LogP contribution in [0.25, 0.3) is 11.3 Å². The van der Waals surface area contributed by atoms with Crippen molar-refractivity contribution in [2.24, 2.45) is 7.05 Å². The number of carbonyl (C=O) groups is 1. The first-order valence-corrected chi connectivity index (χ1v) is 13.7. The maximum atomic E-state index is 13.0. The highest BCUT2D eigenvalue weighted by Gasteiger charge is 2.20. The minimum Gasteiger partial charge on any atom is -0.439 e. The standard InChI is InChI=1S/C26H27ClN6O4S/c1-5-9-28-25(34)18-10-19(27)12-20(11-18)37-23-13-22(24-16(2)7-6-8-17(24)3)30-26(31-23)32-38(35,36)21-14-29-33(4)15-21/h6-8,10-15H,5,9H2,1-4H3,(H,28,34)(H,30,31,32). The lowest BCUT2D eigenvalue weighted by Gasteiger charge is -2.14. The summed E-state index contributed by atoms with van der Waals surface area (Å²) in [5.41, 5.74) is 3.47. The molecule has 0 aliphatic heterocycles. The highest BCUT2D eigenvalue weighted by atomic mass is 35.5. The molecule has 4 rings (SSSR count). The maximum absolute atomic E-state index is 13.0. The molecule has 0 bridgehead atoms. The predicted octanol–water partition coefficient (Wildman–Crippen LogP) is 4.88. The molecule has 198 valence electrons. The lowest BCUT2D eigenvalue weighted by molar-refractivity contribution is 0.0953. The number of halogens is 1. The van der Waals surface area contributed by atoms with Gasteiger partial charge >= 0.3 is 0 Å². The van der Waals surface area contributed by atoms with Gasteiger partial charge in [0.2, 0.25) is 11.8 Å². The van der Waals surface area contributed by atoms with E-state index in [0.29, 0.717) is 22.8 Å². The fourth-order valence-electron chi connectivity index (χ4n) is 3.80. The van der Waals surface area contributed by atoms with Gasteiger partial charge in [-0.15, -0.1) is 0 Å². The van der Waals surface area contributed by atoms with Gasteiger partial charge in [-0.2, -0.15) is 10.1 Å². The van der Waals surface area contributed by atoms with E-state index < -0.39 is 10.0 Å². The van der Waals surface area contributed by atoms with Crippen LogP contribution in [0.1, 0.15) is 34.8 Å². The van der Waals surface area contributed by atoms with E-state index >= 15 is 0 Å². The molecule has 38 heavy (non-hydrogen) atoms. The number of carbonyl (C=O) groups excluding carboxylic acids is 1. The smallest absolute Gasteiger partial charge is 0.267 e. The molecule has 0 unspecified atom stereocenters. The Bertz CT molecular complexity index is 1580. The van der Waals surface area contributed by atoms with Crippen molar-refractivity contribution in [3.05, 3.63) is 76.6 Å². The Morgan fingerprint density at radius 2 is 1.84 bits per heavy atom. The van der Waals surface area contributed by atoms with E-state index in [1.165, 1.54) is 29.2 Å². The second kappa shape index (κ2) is 11.2. The molecule has 2 aromatic carbocycles. The number of rotatable bonds is 9. The molecule has 0 saturated heterocycles. The largest absolute Gasteiger partial charge is 0.439 e. The van der Waals surface area contributed by atoms with Crippen molar-refractivity contribution in [1.82, 2.24) is 25.1 Å². The van der Waals surface area contributed by atoms with Crippen LogP contribution in [0, 0.1) is 13.8 Å². The number of anilines is 1. The molecule has 12 heteroatoms. The number of hydrogen-bond acceptors (Lipinski definition) is 7. The minimum absolute atomic E-state index is 0.0406. The summed E-state index contributed by atoms with van der Waals surface area (Å²) in [7, 11) is -2.41. The summed E-state index contributed by atoms with van der Waals surface area (Å²) in [6.07, 6.45) is 3.38. The van der Waals surface area contributed by atoms with Gasteiger partial charge in [0.05, 0.1) is 11.9 Å². The summed E-state index contributed by atoms with van der Waals surface area (Å²) in [4.78, 5) is 21.2. The van der Waals surface area contributed by atoms with E-state index in [1.54, 1.807) is 19.2 Å². The minimum atomic E-state index is -4.02. The Kier molecular flexibility index (Phi) is 7.98. The summed E-state index contributed by atoms with van der Waals surface area (Å²) in [6, 6.07) is 12.0. The van der Waals surface area contributed by atoms with Crippen LogP contribution in [-0.4, -0.2) is 40.6 Å². The number of aryl methyl sites for hydroxylation is 3. The molecular formula is C26H27ClN6O4S. The van der Waals surface area contributed by atoms with Crippen LogP contribution >= 0.6 is 11.6 Å². The first-order valence-electron chi connectivity index (χ1n) is 11.8. The lowest BCUT2D eigenvalue weighted by atomic mass is 10.00. The van der Waals surface area contributed by atoms with Crippen LogP contribution < -0.4 is 14.8 Å². The lowest BCUT2D eigenvalue weighted by Crippen LogP contribution is -2.23. The molecule has 2 N–H and O–H groups in total. The Morgan fingerprint density at radius 1 is 1.11 bits per heavy atom. The number of sulfonamides is 1. The van der Waals surface area contributed by atoms with Crippen molar-refractivity contribution in [3.63, 3.8) is 0 Å². The number of benzene rings is 2. The van der Waals surface area contributed by atoms with Crippen LogP contribution in [0.15, 0.2) is 59.8 Å². The second-order valence-corrected chi connectivity index (χ2v) is 10.8. The van der Waals surface area contributed by atoms with Gasteiger partial charge in [-0.3, -0.25) is 9.48 Å². The van der Waals surface area contributed by atoms with Crippen LogP contribution in [0.5, 0.6) is 11.6 Å². The van der Waals surface area contributed by atoms with E-state index in [-0.39, 0.29) is 28.4 Å². The topological polar surface area (TPSA) is 128 Å². The van der Waals surface area contributed by atoms with E-state index in [2.05, 4.69) is 25.1 Å². The summed E-state index contributed by atoms with van der Waals surface area (Å²) < 4.78 is 35.7.